The molecule has 0 rings (SSSR count). The van der Waals surface area contributed by atoms with Crippen LogP contribution in [0.4, 0.5) is 0 Å². The zero-order valence-corrected chi connectivity index (χ0v) is 21.9. The largest absolute Gasteiger partial charge is 2.00 e. The van der Waals surface area contributed by atoms with Gasteiger partial charge in [-0.05, 0) is 0 Å². The second-order valence-corrected chi connectivity index (χ2v) is 4.41. The standard InChI is InChI=1S/Cr.3Na.H3O4P.H2O4S.2H2O.2O.Zn/c;;;;2*1-5(2,3)4;;;;;/h;;;;(H3,1,2,3,4);(H2,1,2,3,4);2*1H2;;;/q+2;3*+1;;;;;;;+2/p-7. The van der Waals surface area contributed by atoms with Crippen LogP contribution >= 0.6 is 7.82 Å². The molecule has 0 aliphatic carbocycles. The third kappa shape index (κ3) is 626. The maximum absolute atomic E-state index is 8.82. The molecular weight excluding hydrogens is 441 g/mol. The number of hydrogen-bond acceptors (Lipinski definition) is 10. The topological polar surface area (TPSA) is 241 Å². The van der Waals surface area contributed by atoms with E-state index in [0.29, 0.717) is 0 Å². The Balaban J connectivity index is -0.0000000206. The molecule has 96 valence electrons. The number of phosphoric acid groups is 1. The van der Waals surface area contributed by atoms with Gasteiger partial charge >= 0.3 is 138 Å². The van der Waals surface area contributed by atoms with Gasteiger partial charge in [0, 0.05) is 10.4 Å². The molecule has 0 aliphatic heterocycles. The Bertz CT molecular complexity index is 340. The SMILES string of the molecule is O=P([O-])([O-])[O-].O=S(=O)([O-])[O-].[Na+].[Na+].[Na+].[O]=[Cr](=[O])([OH])[OH].[Zn+2]. The molecule has 0 aromatic rings. The molecule has 0 radical (unpaired) electrons. The Morgan fingerprint density at radius 2 is 0.895 bits per heavy atom. The Kier molecular flexibility index (Phi) is 45.0. The second kappa shape index (κ2) is 19.7. The molecule has 19 heavy (non-hydrogen) atoms. The van der Waals surface area contributed by atoms with Gasteiger partial charge in [0.2, 0.25) is 0 Å². The van der Waals surface area contributed by atoms with E-state index in [1.165, 1.54) is 0 Å². The van der Waals surface area contributed by atoms with Crippen LogP contribution in [0, 0.1) is 0 Å². The third-order valence-electron chi connectivity index (χ3n) is 0. The number of hydrogen-bond donors (Lipinski definition) is 2. The van der Waals surface area contributed by atoms with Crippen LogP contribution in [0.3, 0.4) is 0 Å². The van der Waals surface area contributed by atoms with Crippen molar-refractivity contribution in [3.05, 3.63) is 0 Å². The fourth-order valence-electron chi connectivity index (χ4n) is 0. The van der Waals surface area contributed by atoms with Crippen molar-refractivity contribution in [2.45, 2.75) is 0 Å². The van der Waals surface area contributed by atoms with Crippen molar-refractivity contribution in [2.24, 2.45) is 0 Å². The molecule has 0 spiro atoms. The maximum atomic E-state index is 8.82. The van der Waals surface area contributed by atoms with E-state index in [1.807, 2.05) is 0 Å². The molecule has 19 heteroatoms. The molecule has 0 amide bonds. The van der Waals surface area contributed by atoms with Crippen LogP contribution in [0.15, 0.2) is 0 Å². The van der Waals surface area contributed by atoms with Crippen molar-refractivity contribution in [2.75, 3.05) is 0 Å². The molecule has 0 bridgehead atoms. The minimum Gasteiger partial charge on any atom is 2.00 e. The van der Waals surface area contributed by atoms with Crippen molar-refractivity contribution >= 4 is 18.2 Å². The first-order valence-corrected chi connectivity index (χ1v) is 7.07. The average Bonchev–Trinajstić information content (AvgIpc) is 1.41. The molecule has 0 saturated carbocycles. The summed E-state index contributed by atoms with van der Waals surface area (Å²) in [6.07, 6.45) is 0. The van der Waals surface area contributed by atoms with Gasteiger partial charge in [-0.15, -0.1) is 0 Å². The second-order valence-electron chi connectivity index (χ2n) is 1.30. The normalized spacial score (nSPS) is 9.21. The molecule has 0 saturated heterocycles. The van der Waals surface area contributed by atoms with E-state index in [9.17, 15) is 0 Å². The summed E-state index contributed by atoms with van der Waals surface area (Å²) in [7, 11) is -10.6. The molecule has 0 atom stereocenters. The first kappa shape index (κ1) is 43.3. The van der Waals surface area contributed by atoms with Gasteiger partial charge in [0.15, 0.2) is 0 Å². The van der Waals surface area contributed by atoms with Crippen molar-refractivity contribution in [3.63, 3.8) is 0 Å². The van der Waals surface area contributed by atoms with E-state index in [0.717, 1.165) is 0 Å². The van der Waals surface area contributed by atoms with E-state index in [4.69, 9.17) is 52.7 Å². The predicted octanol–water partition coefficient (Wildman–Crippen LogP) is -14.5. The van der Waals surface area contributed by atoms with E-state index in [1.54, 1.807) is 0 Å². The molecule has 0 aliphatic rings. The summed E-state index contributed by atoms with van der Waals surface area (Å²) in [5, 5.41) is 0. The maximum Gasteiger partial charge on any atom is 2.00 e. The minimum atomic E-state index is -5.39. The fraction of sp³-hybridized carbons (Fsp3) is 0. The van der Waals surface area contributed by atoms with Crippen molar-refractivity contribution < 1.29 is 174 Å². The summed E-state index contributed by atoms with van der Waals surface area (Å²) >= 11 is -5.25. The smallest absolute Gasteiger partial charge is 2.00 e. The van der Waals surface area contributed by atoms with Crippen LogP contribution in [0.25, 0.3) is 0 Å². The van der Waals surface area contributed by atoms with Crippen molar-refractivity contribution in [3.8, 4) is 0 Å². The zero-order valence-electron chi connectivity index (χ0n) is 9.95. The van der Waals surface area contributed by atoms with Crippen molar-refractivity contribution in [1.29, 1.82) is 0 Å². The van der Waals surface area contributed by atoms with Gasteiger partial charge in [0.05, 0.1) is 0 Å². The van der Waals surface area contributed by atoms with Crippen molar-refractivity contribution in [1.82, 2.24) is 0 Å². The monoisotopic (exact) mass is 442 g/mol. The predicted molar refractivity (Wildman–Crippen MR) is 23.9 cm³/mol. The Labute approximate surface area is 189 Å². The third-order valence-corrected chi connectivity index (χ3v) is 0. The molecular formula is H2CrNa3O12PSZn. The Morgan fingerprint density at radius 1 is 0.895 bits per heavy atom. The molecule has 0 aromatic carbocycles. The van der Waals surface area contributed by atoms with Gasteiger partial charge in [-0.2, -0.15) is 7.82 Å². The van der Waals surface area contributed by atoms with Gasteiger partial charge in [0.25, 0.3) is 0 Å². The van der Waals surface area contributed by atoms with Gasteiger partial charge < -0.3 is 28.4 Å². The van der Waals surface area contributed by atoms with Crippen LogP contribution in [0.5, 0.6) is 0 Å². The van der Waals surface area contributed by atoms with Crippen LogP contribution in [-0.2, 0) is 55.7 Å². The fourth-order valence-corrected chi connectivity index (χ4v) is 0. The van der Waals surface area contributed by atoms with E-state index < -0.39 is 31.8 Å². The van der Waals surface area contributed by atoms with E-state index in [-0.39, 0.29) is 108 Å². The van der Waals surface area contributed by atoms with Crippen LogP contribution in [0.2, 0.25) is 0 Å². The molecule has 0 fully saturated rings. The van der Waals surface area contributed by atoms with Crippen LogP contribution in [0.1, 0.15) is 0 Å². The molecule has 12 nitrogen and oxygen atoms in total. The zero-order chi connectivity index (χ0) is 13.5. The molecule has 0 heterocycles. The summed E-state index contributed by atoms with van der Waals surface area (Å²) < 4.78 is 74.5. The van der Waals surface area contributed by atoms with Crippen LogP contribution < -0.4 is 103 Å². The van der Waals surface area contributed by atoms with Crippen LogP contribution in [-0.4, -0.2) is 25.8 Å². The van der Waals surface area contributed by atoms with Gasteiger partial charge in [-0.25, -0.2) is 0 Å². The summed E-state index contributed by atoms with van der Waals surface area (Å²) in [4.78, 5) is 25.6. The van der Waals surface area contributed by atoms with E-state index in [2.05, 4.69) is 0 Å². The molecule has 0 aromatic heterocycles. The molecule has 2 N–H and O–H groups in total. The van der Waals surface area contributed by atoms with E-state index >= 15 is 0 Å². The summed E-state index contributed by atoms with van der Waals surface area (Å²) in [6, 6.07) is 0. The van der Waals surface area contributed by atoms with Gasteiger partial charge in [0.1, 0.15) is 0 Å². The Hall–Kier alpha value is 3.66. The average molecular weight is 443 g/mol. The first-order chi connectivity index (χ1) is 6.00. The summed E-state index contributed by atoms with van der Waals surface area (Å²) in [5.74, 6) is 0. The van der Waals surface area contributed by atoms with Gasteiger partial charge in [-0.3, -0.25) is 8.42 Å². The minimum absolute atomic E-state index is 0. The first-order valence-electron chi connectivity index (χ1n) is 2.10. The summed E-state index contributed by atoms with van der Waals surface area (Å²) in [6.45, 7) is 0. The molecule has 0 unspecified atom stereocenters. The number of rotatable bonds is 0. The summed E-state index contributed by atoms with van der Waals surface area (Å²) in [5.41, 5.74) is 0. The quantitative estimate of drug-likeness (QED) is 0.153. The van der Waals surface area contributed by atoms with Gasteiger partial charge in [-0.1, -0.05) is 0 Å². The Morgan fingerprint density at radius 3 is 0.895 bits per heavy atom.